The largest absolute Gasteiger partial charge is 0.328 e. The Morgan fingerprint density at radius 3 is 2.83 bits per heavy atom. The summed E-state index contributed by atoms with van der Waals surface area (Å²) in [6.45, 7) is 2.49. The number of pyridine rings is 1. The number of hydrogen-bond donors (Lipinski definition) is 2. The van der Waals surface area contributed by atoms with Crippen molar-refractivity contribution in [3.05, 3.63) is 28.7 Å². The number of aromatic amines is 1. The molecule has 1 aromatic rings. The number of hydrogen-bond acceptors (Lipinski definition) is 4. The Hall–Kier alpha value is -0.790. The van der Waals surface area contributed by atoms with Gasteiger partial charge in [0.25, 0.3) is 0 Å². The van der Waals surface area contributed by atoms with E-state index in [2.05, 4.69) is 16.6 Å². The highest BCUT2D eigenvalue weighted by atomic mass is 32.2. The summed E-state index contributed by atoms with van der Waals surface area (Å²) >= 11 is 1.80. The van der Waals surface area contributed by atoms with Crippen molar-refractivity contribution >= 4 is 21.8 Å². The molecular weight excluding hydrogens is 272 g/mol. The molecule has 2 N–H and O–H groups in total. The van der Waals surface area contributed by atoms with Gasteiger partial charge in [-0.25, -0.2) is 13.1 Å². The van der Waals surface area contributed by atoms with Crippen LogP contribution in [0.1, 0.15) is 19.8 Å². The van der Waals surface area contributed by atoms with E-state index in [9.17, 15) is 13.2 Å². The Morgan fingerprint density at radius 1 is 1.50 bits per heavy atom. The number of rotatable bonds is 4. The highest BCUT2D eigenvalue weighted by Crippen LogP contribution is 2.37. The van der Waals surface area contributed by atoms with Gasteiger partial charge < -0.3 is 4.98 Å². The molecule has 1 fully saturated rings. The first-order chi connectivity index (χ1) is 8.41. The van der Waals surface area contributed by atoms with E-state index in [-0.39, 0.29) is 15.2 Å². The highest BCUT2D eigenvalue weighted by molar-refractivity contribution is 8.01. The summed E-state index contributed by atoms with van der Waals surface area (Å²) in [5.41, 5.74) is -0.313. The average Bonchev–Trinajstić information content (AvgIpc) is 2.75. The van der Waals surface area contributed by atoms with E-state index in [1.165, 1.54) is 18.3 Å². The molecule has 1 aliphatic rings. The number of thioether (sulfide) groups is 1. The van der Waals surface area contributed by atoms with Crippen LogP contribution in [0, 0.1) is 0 Å². The van der Waals surface area contributed by atoms with Gasteiger partial charge in [0.2, 0.25) is 15.6 Å². The lowest BCUT2D eigenvalue weighted by molar-refractivity contribution is 0.552. The van der Waals surface area contributed by atoms with Crippen LogP contribution >= 0.6 is 11.8 Å². The molecule has 100 valence electrons. The molecule has 0 radical (unpaired) electrons. The van der Waals surface area contributed by atoms with Crippen LogP contribution in [-0.4, -0.2) is 30.4 Å². The van der Waals surface area contributed by atoms with Gasteiger partial charge in [0.1, 0.15) is 0 Å². The van der Waals surface area contributed by atoms with E-state index in [0.29, 0.717) is 6.54 Å². The Morgan fingerprint density at radius 2 is 2.28 bits per heavy atom. The summed E-state index contributed by atoms with van der Waals surface area (Å²) in [5.74, 6) is 1.08. The molecule has 5 nitrogen and oxygen atoms in total. The van der Waals surface area contributed by atoms with Crippen molar-refractivity contribution in [1.29, 1.82) is 0 Å². The van der Waals surface area contributed by atoms with Gasteiger partial charge in [0, 0.05) is 23.6 Å². The van der Waals surface area contributed by atoms with Crippen molar-refractivity contribution in [2.24, 2.45) is 0 Å². The van der Waals surface area contributed by atoms with Crippen LogP contribution in [0.15, 0.2) is 28.0 Å². The molecule has 1 saturated heterocycles. The molecule has 1 aliphatic heterocycles. The summed E-state index contributed by atoms with van der Waals surface area (Å²) < 4.78 is 26.6. The topological polar surface area (TPSA) is 79.0 Å². The van der Waals surface area contributed by atoms with Gasteiger partial charge in [0.15, 0.2) is 0 Å². The van der Waals surface area contributed by atoms with Gasteiger partial charge in [-0.1, -0.05) is 0 Å². The fourth-order valence-electron chi connectivity index (χ4n) is 1.87. The van der Waals surface area contributed by atoms with Crippen LogP contribution in [0.4, 0.5) is 0 Å². The Balaban J connectivity index is 2.08. The van der Waals surface area contributed by atoms with Gasteiger partial charge in [-0.3, -0.25) is 4.79 Å². The van der Waals surface area contributed by atoms with Crippen LogP contribution in [-0.2, 0) is 10.0 Å². The second kappa shape index (κ2) is 5.07. The third-order valence-electron chi connectivity index (χ3n) is 3.00. The van der Waals surface area contributed by atoms with Crippen LogP contribution in [0.25, 0.3) is 0 Å². The molecule has 1 aromatic heterocycles. The molecule has 2 rings (SSSR count). The van der Waals surface area contributed by atoms with Gasteiger partial charge in [-0.2, -0.15) is 11.8 Å². The van der Waals surface area contributed by atoms with Gasteiger partial charge in [-0.05, 0) is 31.6 Å². The summed E-state index contributed by atoms with van der Waals surface area (Å²) in [6, 6.07) is 2.52. The standard InChI is InChI=1S/C11H16N2O3S2/c1-11(5-2-6-17-11)8-13-18(15,16)9-3-4-10(14)12-7-9/h3-4,7,13H,2,5-6,8H2,1H3,(H,12,14). The minimum Gasteiger partial charge on any atom is -0.328 e. The summed E-state index contributed by atoms with van der Waals surface area (Å²) in [4.78, 5) is 13.3. The van der Waals surface area contributed by atoms with Crippen molar-refractivity contribution in [2.45, 2.75) is 29.4 Å². The number of aromatic nitrogens is 1. The van der Waals surface area contributed by atoms with Crippen LogP contribution < -0.4 is 10.3 Å². The molecular formula is C11H16N2O3S2. The van der Waals surface area contributed by atoms with Crippen molar-refractivity contribution in [3.8, 4) is 0 Å². The Bertz CT molecular complexity index is 554. The molecule has 2 heterocycles. The Kier molecular flexibility index (Phi) is 3.84. The second-order valence-corrected chi connectivity index (χ2v) is 8.06. The molecule has 0 bridgehead atoms. The SMILES string of the molecule is CC1(CNS(=O)(=O)c2ccc(=O)[nH]c2)CCCS1. The summed E-state index contributed by atoms with van der Waals surface area (Å²) in [7, 11) is -3.54. The first-order valence-corrected chi connectivity index (χ1v) is 8.21. The van der Waals surface area contributed by atoms with Crippen molar-refractivity contribution in [2.75, 3.05) is 12.3 Å². The lowest BCUT2D eigenvalue weighted by Gasteiger charge is -2.22. The second-order valence-electron chi connectivity index (χ2n) is 4.62. The van der Waals surface area contributed by atoms with Crippen molar-refractivity contribution in [3.63, 3.8) is 0 Å². The number of sulfonamides is 1. The lowest BCUT2D eigenvalue weighted by Crippen LogP contribution is -2.36. The molecule has 7 heteroatoms. The maximum atomic E-state index is 12.0. The quantitative estimate of drug-likeness (QED) is 0.864. The maximum Gasteiger partial charge on any atom is 0.247 e. The molecule has 1 atom stereocenters. The van der Waals surface area contributed by atoms with E-state index in [0.717, 1.165) is 18.6 Å². The Labute approximate surface area is 110 Å². The van der Waals surface area contributed by atoms with E-state index < -0.39 is 10.0 Å². The van der Waals surface area contributed by atoms with Crippen LogP contribution in [0.2, 0.25) is 0 Å². The minimum absolute atomic E-state index is 0.0186. The molecule has 0 spiro atoms. The molecule has 0 amide bonds. The predicted octanol–water partition coefficient (Wildman–Crippen LogP) is 0.939. The van der Waals surface area contributed by atoms with E-state index in [1.807, 2.05) is 0 Å². The maximum absolute atomic E-state index is 12.0. The fraction of sp³-hybridized carbons (Fsp3) is 0.545. The number of nitrogens with one attached hydrogen (secondary N) is 2. The van der Waals surface area contributed by atoms with Gasteiger partial charge >= 0.3 is 0 Å². The van der Waals surface area contributed by atoms with Crippen molar-refractivity contribution in [1.82, 2.24) is 9.71 Å². The van der Waals surface area contributed by atoms with Crippen molar-refractivity contribution < 1.29 is 8.42 Å². The van der Waals surface area contributed by atoms with Crippen LogP contribution in [0.3, 0.4) is 0 Å². The van der Waals surface area contributed by atoms with E-state index in [4.69, 9.17) is 0 Å². The smallest absolute Gasteiger partial charge is 0.247 e. The fourth-order valence-corrected chi connectivity index (χ4v) is 4.34. The molecule has 0 saturated carbocycles. The van der Waals surface area contributed by atoms with Gasteiger partial charge in [-0.15, -0.1) is 0 Å². The zero-order chi connectivity index (χ0) is 13.2. The third-order valence-corrected chi connectivity index (χ3v) is 5.94. The van der Waals surface area contributed by atoms with Gasteiger partial charge in [0.05, 0.1) is 4.90 Å². The first-order valence-electron chi connectivity index (χ1n) is 5.74. The molecule has 0 aliphatic carbocycles. The zero-order valence-electron chi connectivity index (χ0n) is 10.1. The first kappa shape index (κ1) is 13.6. The van der Waals surface area contributed by atoms with E-state index in [1.54, 1.807) is 11.8 Å². The third kappa shape index (κ3) is 3.15. The summed E-state index contributed by atoms with van der Waals surface area (Å²) in [5, 5.41) is 0. The monoisotopic (exact) mass is 288 g/mol. The lowest BCUT2D eigenvalue weighted by atomic mass is 10.1. The predicted molar refractivity (Wildman–Crippen MR) is 72.3 cm³/mol. The minimum atomic E-state index is -3.54. The average molecular weight is 288 g/mol. The molecule has 0 aromatic carbocycles. The number of H-pyrrole nitrogens is 1. The normalized spacial score (nSPS) is 24.3. The summed E-state index contributed by atoms with van der Waals surface area (Å²) in [6.07, 6.45) is 3.36. The van der Waals surface area contributed by atoms with E-state index >= 15 is 0 Å². The van der Waals surface area contributed by atoms with Crippen LogP contribution in [0.5, 0.6) is 0 Å². The molecule has 1 unspecified atom stereocenters. The highest BCUT2D eigenvalue weighted by Gasteiger charge is 2.31. The zero-order valence-corrected chi connectivity index (χ0v) is 11.7. The molecule has 18 heavy (non-hydrogen) atoms.